The van der Waals surface area contributed by atoms with Gasteiger partial charge < -0.3 is 4.90 Å². The standard InChI is InChI=1S/C12H16N2O4S2/c1-9(15)10-3-4-11(19-10)12(16)13-5-7-14(8-6-13)20(2,17)18/h3-4H,5-8H2,1-2H3. The van der Waals surface area contributed by atoms with Gasteiger partial charge in [-0.05, 0) is 19.1 Å². The largest absolute Gasteiger partial charge is 0.335 e. The molecule has 1 amide bonds. The fraction of sp³-hybridized carbons (Fsp3) is 0.500. The lowest BCUT2D eigenvalue weighted by molar-refractivity contribution is 0.0703. The van der Waals surface area contributed by atoms with Crippen molar-refractivity contribution >= 4 is 33.1 Å². The fourth-order valence-corrected chi connectivity index (χ4v) is 3.72. The summed E-state index contributed by atoms with van der Waals surface area (Å²) in [6.07, 6.45) is 1.17. The molecule has 0 bridgehead atoms. The van der Waals surface area contributed by atoms with Crippen molar-refractivity contribution in [1.29, 1.82) is 0 Å². The number of piperazine rings is 1. The number of hydrogen-bond donors (Lipinski definition) is 0. The van der Waals surface area contributed by atoms with E-state index in [0.717, 1.165) is 0 Å². The molecule has 0 atom stereocenters. The van der Waals surface area contributed by atoms with E-state index >= 15 is 0 Å². The first kappa shape index (κ1) is 15.1. The van der Waals surface area contributed by atoms with Gasteiger partial charge in [-0.3, -0.25) is 9.59 Å². The summed E-state index contributed by atoms with van der Waals surface area (Å²) in [5.41, 5.74) is 0. The van der Waals surface area contributed by atoms with Crippen molar-refractivity contribution in [1.82, 2.24) is 9.21 Å². The van der Waals surface area contributed by atoms with Gasteiger partial charge in [-0.15, -0.1) is 11.3 Å². The first-order chi connectivity index (χ1) is 9.29. The Morgan fingerprint density at radius 3 is 2.10 bits per heavy atom. The van der Waals surface area contributed by atoms with E-state index in [1.165, 1.54) is 28.8 Å². The van der Waals surface area contributed by atoms with Crippen molar-refractivity contribution in [3.63, 3.8) is 0 Å². The first-order valence-corrected chi connectivity index (χ1v) is 8.80. The van der Waals surface area contributed by atoms with Crippen LogP contribution in [0.15, 0.2) is 12.1 Å². The zero-order valence-electron chi connectivity index (χ0n) is 11.3. The molecule has 0 aromatic carbocycles. The Morgan fingerprint density at radius 2 is 1.65 bits per heavy atom. The van der Waals surface area contributed by atoms with E-state index in [1.807, 2.05) is 0 Å². The highest BCUT2D eigenvalue weighted by Crippen LogP contribution is 2.20. The molecule has 2 heterocycles. The van der Waals surface area contributed by atoms with Crippen LogP contribution in [0.3, 0.4) is 0 Å². The molecule has 0 radical (unpaired) electrons. The molecule has 0 unspecified atom stereocenters. The average molecular weight is 316 g/mol. The second-order valence-corrected chi connectivity index (χ2v) is 7.74. The summed E-state index contributed by atoms with van der Waals surface area (Å²) in [5.74, 6) is -0.202. The number of ketones is 1. The van der Waals surface area contributed by atoms with Crippen molar-refractivity contribution < 1.29 is 18.0 Å². The third-order valence-corrected chi connectivity index (χ3v) is 5.64. The molecular formula is C12H16N2O4S2. The molecule has 8 heteroatoms. The number of sulfonamides is 1. The van der Waals surface area contributed by atoms with Gasteiger partial charge >= 0.3 is 0 Å². The summed E-state index contributed by atoms with van der Waals surface area (Å²) in [5, 5.41) is 0. The number of hydrogen-bond acceptors (Lipinski definition) is 5. The SMILES string of the molecule is CC(=O)c1ccc(C(=O)N2CCN(S(C)(=O)=O)CC2)s1. The van der Waals surface area contributed by atoms with Crippen LogP contribution >= 0.6 is 11.3 Å². The van der Waals surface area contributed by atoms with Gasteiger partial charge in [-0.1, -0.05) is 0 Å². The van der Waals surface area contributed by atoms with Crippen LogP contribution in [0.4, 0.5) is 0 Å². The highest BCUT2D eigenvalue weighted by molar-refractivity contribution is 7.88. The van der Waals surface area contributed by atoms with Crippen molar-refractivity contribution in [2.75, 3.05) is 32.4 Å². The molecule has 2 rings (SSSR count). The van der Waals surface area contributed by atoms with Crippen LogP contribution in [-0.2, 0) is 10.0 Å². The molecule has 1 aliphatic heterocycles. The molecule has 0 saturated carbocycles. The number of carbonyl (C=O) groups is 2. The number of carbonyl (C=O) groups excluding carboxylic acids is 2. The third-order valence-electron chi connectivity index (χ3n) is 3.16. The van der Waals surface area contributed by atoms with Crippen LogP contribution in [0.2, 0.25) is 0 Å². The molecule has 0 aliphatic carbocycles. The Morgan fingerprint density at radius 1 is 1.10 bits per heavy atom. The minimum Gasteiger partial charge on any atom is -0.335 e. The maximum Gasteiger partial charge on any atom is 0.264 e. The molecule has 110 valence electrons. The number of Topliss-reactive ketones (excluding diaryl/α,β-unsaturated/α-hetero) is 1. The molecule has 1 aromatic rings. The smallest absolute Gasteiger partial charge is 0.264 e. The maximum absolute atomic E-state index is 12.2. The number of rotatable bonds is 3. The second kappa shape index (κ2) is 5.63. The van der Waals surface area contributed by atoms with Crippen LogP contribution < -0.4 is 0 Å². The second-order valence-electron chi connectivity index (χ2n) is 4.67. The maximum atomic E-state index is 12.2. The van der Waals surface area contributed by atoms with E-state index in [1.54, 1.807) is 17.0 Å². The Balaban J connectivity index is 2.03. The number of thiophene rings is 1. The monoisotopic (exact) mass is 316 g/mol. The van der Waals surface area contributed by atoms with Gasteiger partial charge in [-0.2, -0.15) is 4.31 Å². The summed E-state index contributed by atoms with van der Waals surface area (Å²) < 4.78 is 24.2. The van der Waals surface area contributed by atoms with E-state index < -0.39 is 10.0 Å². The van der Waals surface area contributed by atoms with Crippen molar-refractivity contribution in [2.45, 2.75) is 6.92 Å². The van der Waals surface area contributed by atoms with Gasteiger partial charge in [-0.25, -0.2) is 8.42 Å². The topological polar surface area (TPSA) is 74.8 Å². The average Bonchev–Trinajstić information content (AvgIpc) is 2.86. The highest BCUT2D eigenvalue weighted by Gasteiger charge is 2.27. The van der Waals surface area contributed by atoms with Gasteiger partial charge in [0.1, 0.15) is 0 Å². The Hall–Kier alpha value is -1.25. The molecule has 1 saturated heterocycles. The van der Waals surface area contributed by atoms with Gasteiger partial charge in [0.2, 0.25) is 10.0 Å². The summed E-state index contributed by atoms with van der Waals surface area (Å²) >= 11 is 1.18. The van der Waals surface area contributed by atoms with Gasteiger partial charge in [0, 0.05) is 26.2 Å². The van der Waals surface area contributed by atoms with Crippen LogP contribution in [0.25, 0.3) is 0 Å². The minimum absolute atomic E-state index is 0.0593. The third kappa shape index (κ3) is 3.25. The normalized spacial score (nSPS) is 17.2. The van der Waals surface area contributed by atoms with Crippen LogP contribution in [0, 0.1) is 0 Å². The predicted octanol–water partition coefficient (Wildman–Crippen LogP) is 0.668. The fourth-order valence-electron chi connectivity index (χ4n) is 2.02. The lowest BCUT2D eigenvalue weighted by Crippen LogP contribution is -2.50. The van der Waals surface area contributed by atoms with E-state index in [-0.39, 0.29) is 11.7 Å². The number of amides is 1. The van der Waals surface area contributed by atoms with Crippen LogP contribution in [-0.4, -0.2) is 61.7 Å². The van der Waals surface area contributed by atoms with Crippen LogP contribution in [0.5, 0.6) is 0 Å². The Labute approximate surface area is 122 Å². The molecule has 6 nitrogen and oxygen atoms in total. The molecule has 1 aromatic heterocycles. The molecule has 0 N–H and O–H groups in total. The summed E-state index contributed by atoms with van der Waals surface area (Å²) in [6.45, 7) is 2.84. The van der Waals surface area contributed by atoms with E-state index in [2.05, 4.69) is 0 Å². The lowest BCUT2D eigenvalue weighted by Gasteiger charge is -2.32. The first-order valence-electron chi connectivity index (χ1n) is 6.14. The summed E-state index contributed by atoms with van der Waals surface area (Å²) in [7, 11) is -3.19. The lowest BCUT2D eigenvalue weighted by atomic mass is 10.3. The summed E-state index contributed by atoms with van der Waals surface area (Å²) in [6, 6.07) is 3.29. The van der Waals surface area contributed by atoms with Crippen LogP contribution in [0.1, 0.15) is 26.3 Å². The zero-order valence-corrected chi connectivity index (χ0v) is 13.0. The van der Waals surface area contributed by atoms with E-state index in [9.17, 15) is 18.0 Å². The van der Waals surface area contributed by atoms with Crippen molar-refractivity contribution in [3.8, 4) is 0 Å². The van der Waals surface area contributed by atoms with Crippen molar-refractivity contribution in [2.24, 2.45) is 0 Å². The Kier molecular flexibility index (Phi) is 4.26. The minimum atomic E-state index is -3.19. The van der Waals surface area contributed by atoms with E-state index in [0.29, 0.717) is 35.9 Å². The molecule has 1 aliphatic rings. The van der Waals surface area contributed by atoms with Gasteiger partial charge in [0.15, 0.2) is 5.78 Å². The predicted molar refractivity (Wildman–Crippen MR) is 76.6 cm³/mol. The molecular weight excluding hydrogens is 300 g/mol. The summed E-state index contributed by atoms with van der Waals surface area (Å²) in [4.78, 5) is 26.2. The van der Waals surface area contributed by atoms with E-state index in [4.69, 9.17) is 0 Å². The van der Waals surface area contributed by atoms with Gasteiger partial charge in [0.25, 0.3) is 5.91 Å². The van der Waals surface area contributed by atoms with Crippen molar-refractivity contribution in [3.05, 3.63) is 21.9 Å². The zero-order chi connectivity index (χ0) is 14.9. The highest BCUT2D eigenvalue weighted by atomic mass is 32.2. The number of nitrogens with zero attached hydrogens (tertiary/aromatic N) is 2. The molecule has 20 heavy (non-hydrogen) atoms. The Bertz CT molecular complexity index is 628. The van der Waals surface area contributed by atoms with Gasteiger partial charge in [0.05, 0.1) is 16.0 Å². The quantitative estimate of drug-likeness (QED) is 0.768. The molecule has 0 spiro atoms. The molecule has 1 fully saturated rings.